The number of nitrogens with zero attached hydrogens (tertiary/aromatic N) is 2. The summed E-state index contributed by atoms with van der Waals surface area (Å²) in [6, 6.07) is 56.7. The van der Waals surface area contributed by atoms with E-state index in [4.69, 9.17) is 21.6 Å². The zero-order valence-corrected chi connectivity index (χ0v) is 25.1. The molecule has 1 heterocycles. The Bertz CT molecular complexity index is 2250. The van der Waals surface area contributed by atoms with Gasteiger partial charge in [0.2, 0.25) is 0 Å². The Balaban J connectivity index is 1.26. The Morgan fingerprint density at radius 3 is 1.42 bits per heavy atom. The predicted octanol–water partition coefficient (Wildman–Crippen LogP) is 11.8. The lowest BCUT2D eigenvalue weighted by molar-refractivity contribution is 1.18. The molecule has 8 rings (SSSR count). The van der Waals surface area contributed by atoms with Crippen LogP contribution in [0.4, 0.5) is 0 Å². The molecule has 0 saturated carbocycles. The Morgan fingerprint density at radius 2 is 0.800 bits per heavy atom. The number of rotatable bonds is 5. The molecule has 212 valence electrons. The highest BCUT2D eigenvalue weighted by Crippen LogP contribution is 2.42. The summed E-state index contributed by atoms with van der Waals surface area (Å²) in [4.78, 5) is 10.1. The van der Waals surface area contributed by atoms with Gasteiger partial charge >= 0.3 is 0 Å². The van der Waals surface area contributed by atoms with Gasteiger partial charge in [0.25, 0.3) is 0 Å². The SMILES string of the molecule is Clc1c2ccccc2c(-c2ccc(-c3cc(-c4cccc(-c5ccccc5)c4)nc(-c4ccccc4)n3)cc2)c2ccccc12. The Kier molecular flexibility index (Phi) is 6.90. The van der Waals surface area contributed by atoms with Gasteiger partial charge in [0, 0.05) is 27.5 Å². The van der Waals surface area contributed by atoms with Gasteiger partial charge in [0.15, 0.2) is 5.82 Å². The van der Waals surface area contributed by atoms with Crippen LogP contribution in [-0.4, -0.2) is 9.97 Å². The van der Waals surface area contributed by atoms with Crippen molar-refractivity contribution in [3.63, 3.8) is 0 Å². The smallest absolute Gasteiger partial charge is 0.160 e. The molecule has 0 bridgehead atoms. The van der Waals surface area contributed by atoms with Gasteiger partial charge < -0.3 is 0 Å². The number of hydrogen-bond acceptors (Lipinski definition) is 2. The van der Waals surface area contributed by atoms with Crippen LogP contribution in [0.1, 0.15) is 0 Å². The van der Waals surface area contributed by atoms with E-state index in [0.29, 0.717) is 5.82 Å². The van der Waals surface area contributed by atoms with Crippen LogP contribution in [0.2, 0.25) is 5.02 Å². The highest BCUT2D eigenvalue weighted by atomic mass is 35.5. The van der Waals surface area contributed by atoms with Gasteiger partial charge in [0.1, 0.15) is 0 Å². The van der Waals surface area contributed by atoms with Gasteiger partial charge in [-0.15, -0.1) is 0 Å². The van der Waals surface area contributed by atoms with Gasteiger partial charge in [-0.25, -0.2) is 9.97 Å². The summed E-state index contributed by atoms with van der Waals surface area (Å²) in [5.74, 6) is 0.701. The second-order valence-electron chi connectivity index (χ2n) is 11.1. The molecule has 0 spiro atoms. The zero-order chi connectivity index (χ0) is 30.2. The highest BCUT2D eigenvalue weighted by molar-refractivity contribution is 6.42. The lowest BCUT2D eigenvalue weighted by Gasteiger charge is -2.15. The maximum absolute atomic E-state index is 6.90. The van der Waals surface area contributed by atoms with Crippen molar-refractivity contribution in [3.8, 4) is 56.2 Å². The first-order valence-corrected chi connectivity index (χ1v) is 15.4. The summed E-state index contributed by atoms with van der Waals surface area (Å²) in [6.45, 7) is 0. The molecular weight excluding hydrogens is 568 g/mol. The number of fused-ring (bicyclic) bond motifs is 2. The van der Waals surface area contributed by atoms with E-state index in [1.54, 1.807) is 0 Å². The minimum absolute atomic E-state index is 0.701. The first-order chi connectivity index (χ1) is 22.2. The average Bonchev–Trinajstić information content (AvgIpc) is 3.13. The van der Waals surface area contributed by atoms with Gasteiger partial charge in [-0.2, -0.15) is 0 Å². The summed E-state index contributed by atoms with van der Waals surface area (Å²) < 4.78 is 0. The molecule has 0 atom stereocenters. The molecule has 0 aliphatic carbocycles. The fourth-order valence-corrected chi connectivity index (χ4v) is 6.47. The molecule has 0 N–H and O–H groups in total. The monoisotopic (exact) mass is 594 g/mol. The first-order valence-electron chi connectivity index (χ1n) is 15.0. The van der Waals surface area contributed by atoms with Gasteiger partial charge in [-0.05, 0) is 45.2 Å². The molecule has 0 aliphatic heterocycles. The van der Waals surface area contributed by atoms with Crippen LogP contribution >= 0.6 is 11.6 Å². The average molecular weight is 595 g/mol. The third-order valence-corrected chi connectivity index (χ3v) is 8.77. The number of halogens is 1. The summed E-state index contributed by atoms with van der Waals surface area (Å²) >= 11 is 6.90. The van der Waals surface area contributed by atoms with Crippen LogP contribution in [0.5, 0.6) is 0 Å². The second kappa shape index (κ2) is 11.5. The fourth-order valence-electron chi connectivity index (χ4n) is 6.14. The van der Waals surface area contributed by atoms with E-state index in [1.807, 2.05) is 36.4 Å². The standard InChI is InChI=1S/C42H27ClN2/c43-41-36-20-9-7-18-34(36)40(35-19-8-10-21-37(35)41)30-24-22-29(23-25-30)38-27-39(45-42(44-38)31-14-5-2-6-15-31)33-17-11-16-32(26-33)28-12-3-1-4-13-28/h1-27H. The Morgan fingerprint density at radius 1 is 0.333 bits per heavy atom. The Labute approximate surface area is 267 Å². The van der Waals surface area contributed by atoms with E-state index in [2.05, 4.69) is 127 Å². The molecule has 0 unspecified atom stereocenters. The van der Waals surface area contributed by atoms with E-state index in [9.17, 15) is 0 Å². The highest BCUT2D eigenvalue weighted by Gasteiger charge is 2.15. The molecule has 0 fully saturated rings. The van der Waals surface area contributed by atoms with E-state index in [0.717, 1.165) is 65.8 Å². The quantitative estimate of drug-likeness (QED) is 0.185. The lowest BCUT2D eigenvalue weighted by Crippen LogP contribution is -1.96. The lowest BCUT2D eigenvalue weighted by atomic mass is 9.91. The number of hydrogen-bond donors (Lipinski definition) is 0. The van der Waals surface area contributed by atoms with E-state index in [1.165, 1.54) is 11.1 Å². The summed E-state index contributed by atoms with van der Waals surface area (Å²) in [6.07, 6.45) is 0. The molecule has 0 aliphatic rings. The zero-order valence-electron chi connectivity index (χ0n) is 24.4. The van der Waals surface area contributed by atoms with Crippen molar-refractivity contribution in [2.75, 3.05) is 0 Å². The van der Waals surface area contributed by atoms with Crippen molar-refractivity contribution in [1.82, 2.24) is 9.97 Å². The summed E-state index contributed by atoms with van der Waals surface area (Å²) in [5.41, 5.74) is 9.47. The van der Waals surface area contributed by atoms with Crippen LogP contribution in [0.3, 0.4) is 0 Å². The maximum Gasteiger partial charge on any atom is 0.160 e. The minimum atomic E-state index is 0.701. The van der Waals surface area contributed by atoms with Crippen LogP contribution < -0.4 is 0 Å². The fraction of sp³-hybridized carbons (Fsp3) is 0. The van der Waals surface area contributed by atoms with Crippen molar-refractivity contribution in [1.29, 1.82) is 0 Å². The second-order valence-corrected chi connectivity index (χ2v) is 11.5. The molecule has 3 heteroatoms. The summed E-state index contributed by atoms with van der Waals surface area (Å²) in [7, 11) is 0. The predicted molar refractivity (Wildman–Crippen MR) is 189 cm³/mol. The van der Waals surface area contributed by atoms with E-state index >= 15 is 0 Å². The van der Waals surface area contributed by atoms with Crippen LogP contribution in [0.15, 0.2) is 164 Å². The largest absolute Gasteiger partial charge is 0.228 e. The van der Waals surface area contributed by atoms with Crippen LogP contribution in [0.25, 0.3) is 77.7 Å². The molecule has 8 aromatic rings. The molecule has 0 radical (unpaired) electrons. The molecule has 2 nitrogen and oxygen atoms in total. The van der Waals surface area contributed by atoms with Crippen molar-refractivity contribution < 1.29 is 0 Å². The molecular formula is C42H27ClN2. The first kappa shape index (κ1) is 27.0. The number of benzene rings is 7. The topological polar surface area (TPSA) is 25.8 Å². The third-order valence-electron chi connectivity index (χ3n) is 8.36. The molecule has 45 heavy (non-hydrogen) atoms. The van der Waals surface area contributed by atoms with Crippen molar-refractivity contribution in [2.24, 2.45) is 0 Å². The molecule has 0 saturated heterocycles. The molecule has 1 aromatic heterocycles. The minimum Gasteiger partial charge on any atom is -0.228 e. The van der Waals surface area contributed by atoms with Crippen LogP contribution in [0, 0.1) is 0 Å². The van der Waals surface area contributed by atoms with Crippen molar-refractivity contribution >= 4 is 33.1 Å². The molecule has 0 amide bonds. The van der Waals surface area contributed by atoms with Crippen LogP contribution in [-0.2, 0) is 0 Å². The van der Waals surface area contributed by atoms with Gasteiger partial charge in [-0.3, -0.25) is 0 Å². The normalized spacial score (nSPS) is 11.2. The van der Waals surface area contributed by atoms with Gasteiger partial charge in [-0.1, -0.05) is 163 Å². The Hall–Kier alpha value is -5.57. The third kappa shape index (κ3) is 5.06. The van der Waals surface area contributed by atoms with Crippen molar-refractivity contribution in [3.05, 3.63) is 169 Å². The van der Waals surface area contributed by atoms with E-state index < -0.39 is 0 Å². The summed E-state index contributed by atoms with van der Waals surface area (Å²) in [5, 5.41) is 5.19. The maximum atomic E-state index is 6.90. The molecule has 7 aromatic carbocycles. The van der Waals surface area contributed by atoms with Gasteiger partial charge in [0.05, 0.1) is 16.4 Å². The van der Waals surface area contributed by atoms with Crippen molar-refractivity contribution in [2.45, 2.75) is 0 Å². The number of aromatic nitrogens is 2. The van der Waals surface area contributed by atoms with E-state index in [-0.39, 0.29) is 0 Å².